The van der Waals surface area contributed by atoms with Crippen molar-refractivity contribution in [2.75, 3.05) is 6.61 Å². The molecule has 2 rings (SSSR count). The molecular weight excluding hydrogens is 234 g/mol. The van der Waals surface area contributed by atoms with Crippen LogP contribution in [0.4, 0.5) is 0 Å². The van der Waals surface area contributed by atoms with Crippen LogP contribution in [0.1, 0.15) is 17.3 Å². The smallest absolute Gasteiger partial charge is 0.330 e. The lowest BCUT2D eigenvalue weighted by Gasteiger charge is -1.96. The van der Waals surface area contributed by atoms with Gasteiger partial charge < -0.3 is 9.15 Å². The molecule has 0 spiro atoms. The van der Waals surface area contributed by atoms with Crippen LogP contribution in [0.5, 0.6) is 0 Å². The number of rotatable bonds is 4. The van der Waals surface area contributed by atoms with Crippen LogP contribution in [0, 0.1) is 0 Å². The molecule has 0 saturated carbocycles. The van der Waals surface area contributed by atoms with Crippen molar-refractivity contribution in [1.82, 2.24) is 4.98 Å². The molecule has 0 aliphatic carbocycles. The van der Waals surface area contributed by atoms with Crippen molar-refractivity contribution in [3.8, 4) is 0 Å². The van der Waals surface area contributed by atoms with Crippen LogP contribution < -0.4 is 0 Å². The van der Waals surface area contributed by atoms with Gasteiger partial charge in [0.1, 0.15) is 5.52 Å². The lowest BCUT2D eigenvalue weighted by atomic mass is 10.1. The van der Waals surface area contributed by atoms with Crippen LogP contribution in [0.15, 0.2) is 41.2 Å². The third-order valence-electron chi connectivity index (χ3n) is 2.27. The van der Waals surface area contributed by atoms with Gasteiger partial charge in [-0.05, 0) is 31.2 Å². The average Bonchev–Trinajstić information content (AvgIpc) is 2.83. The van der Waals surface area contributed by atoms with Gasteiger partial charge in [0.15, 0.2) is 17.8 Å². The summed E-state index contributed by atoms with van der Waals surface area (Å²) < 4.78 is 9.77. The number of hydrogen-bond acceptors (Lipinski definition) is 5. The van der Waals surface area contributed by atoms with Crippen molar-refractivity contribution in [2.24, 2.45) is 0 Å². The van der Waals surface area contributed by atoms with E-state index < -0.39 is 5.97 Å². The zero-order valence-electron chi connectivity index (χ0n) is 9.75. The average molecular weight is 245 g/mol. The third-order valence-corrected chi connectivity index (χ3v) is 2.27. The Hall–Kier alpha value is -2.43. The molecule has 2 aromatic rings. The van der Waals surface area contributed by atoms with Crippen molar-refractivity contribution < 1.29 is 18.7 Å². The number of carbonyl (C=O) groups is 2. The minimum Gasteiger partial charge on any atom is -0.463 e. The van der Waals surface area contributed by atoms with Gasteiger partial charge in [-0.15, -0.1) is 0 Å². The van der Waals surface area contributed by atoms with Crippen molar-refractivity contribution >= 4 is 22.9 Å². The largest absolute Gasteiger partial charge is 0.463 e. The molecule has 0 radical (unpaired) electrons. The molecule has 0 fully saturated rings. The topological polar surface area (TPSA) is 69.4 Å². The Bertz CT molecular complexity index is 612. The first-order valence-corrected chi connectivity index (χ1v) is 5.43. The summed E-state index contributed by atoms with van der Waals surface area (Å²) in [5.74, 6) is -0.826. The number of benzene rings is 1. The summed E-state index contributed by atoms with van der Waals surface area (Å²) in [7, 11) is 0. The summed E-state index contributed by atoms with van der Waals surface area (Å²) in [6, 6.07) is 4.90. The maximum atomic E-state index is 11.8. The molecule has 0 amide bonds. The van der Waals surface area contributed by atoms with Crippen LogP contribution in [0.25, 0.3) is 11.1 Å². The predicted octanol–water partition coefficient (Wildman–Crippen LogP) is 2.13. The van der Waals surface area contributed by atoms with E-state index in [1.807, 2.05) is 0 Å². The first kappa shape index (κ1) is 12.0. The molecule has 0 unspecified atom stereocenters. The number of aromatic nitrogens is 1. The van der Waals surface area contributed by atoms with E-state index in [0.29, 0.717) is 16.7 Å². The van der Waals surface area contributed by atoms with E-state index in [2.05, 4.69) is 9.72 Å². The number of allylic oxidation sites excluding steroid dienone is 1. The van der Waals surface area contributed by atoms with E-state index in [9.17, 15) is 9.59 Å². The Morgan fingerprint density at radius 2 is 2.22 bits per heavy atom. The van der Waals surface area contributed by atoms with Gasteiger partial charge >= 0.3 is 5.97 Å². The molecule has 0 aliphatic heterocycles. The second-order valence-electron chi connectivity index (χ2n) is 3.48. The second kappa shape index (κ2) is 5.27. The molecule has 1 aromatic heterocycles. The molecule has 0 atom stereocenters. The van der Waals surface area contributed by atoms with Crippen molar-refractivity contribution in [3.63, 3.8) is 0 Å². The third kappa shape index (κ3) is 2.63. The van der Waals surface area contributed by atoms with Gasteiger partial charge in [-0.25, -0.2) is 9.78 Å². The molecule has 5 heteroatoms. The Labute approximate surface area is 103 Å². The number of nitrogens with zero attached hydrogens (tertiary/aromatic N) is 1. The fourth-order valence-corrected chi connectivity index (χ4v) is 1.44. The zero-order chi connectivity index (χ0) is 13.0. The molecule has 0 bridgehead atoms. The van der Waals surface area contributed by atoms with Crippen LogP contribution >= 0.6 is 0 Å². The maximum absolute atomic E-state index is 11.8. The van der Waals surface area contributed by atoms with Gasteiger partial charge in [0.05, 0.1) is 6.61 Å². The molecule has 5 nitrogen and oxygen atoms in total. The highest BCUT2D eigenvalue weighted by Gasteiger charge is 2.06. The molecule has 0 saturated heterocycles. The number of oxazole rings is 1. The van der Waals surface area contributed by atoms with Gasteiger partial charge in [-0.3, -0.25) is 4.79 Å². The summed E-state index contributed by atoms with van der Waals surface area (Å²) in [4.78, 5) is 26.8. The lowest BCUT2D eigenvalue weighted by molar-refractivity contribution is -0.137. The van der Waals surface area contributed by atoms with Crippen molar-refractivity contribution in [1.29, 1.82) is 0 Å². The fourth-order valence-electron chi connectivity index (χ4n) is 1.44. The quantitative estimate of drug-likeness (QED) is 0.469. The highest BCUT2D eigenvalue weighted by molar-refractivity contribution is 6.08. The maximum Gasteiger partial charge on any atom is 0.330 e. The highest BCUT2D eigenvalue weighted by Crippen LogP contribution is 2.14. The van der Waals surface area contributed by atoms with Crippen molar-refractivity contribution in [3.05, 3.63) is 42.3 Å². The van der Waals surface area contributed by atoms with E-state index in [1.54, 1.807) is 25.1 Å². The van der Waals surface area contributed by atoms with Gasteiger partial charge in [-0.2, -0.15) is 0 Å². The van der Waals surface area contributed by atoms with E-state index in [4.69, 9.17) is 4.42 Å². The van der Waals surface area contributed by atoms with Crippen molar-refractivity contribution in [2.45, 2.75) is 6.92 Å². The summed E-state index contributed by atoms with van der Waals surface area (Å²) in [5.41, 5.74) is 1.64. The van der Waals surface area contributed by atoms with E-state index in [0.717, 1.165) is 6.08 Å². The Morgan fingerprint density at radius 3 is 3.00 bits per heavy atom. The second-order valence-corrected chi connectivity index (χ2v) is 3.48. The molecule has 18 heavy (non-hydrogen) atoms. The summed E-state index contributed by atoms with van der Waals surface area (Å²) in [6.07, 6.45) is 3.60. The SMILES string of the molecule is CCOC(=O)/C=C/C(=O)c1ccc2ncoc2c1. The lowest BCUT2D eigenvalue weighted by Crippen LogP contribution is -2.01. The highest BCUT2D eigenvalue weighted by atomic mass is 16.5. The Kier molecular flexibility index (Phi) is 3.52. The molecule has 92 valence electrons. The number of esters is 1. The minimum absolute atomic E-state index is 0.279. The van der Waals surface area contributed by atoms with Gasteiger partial charge in [0.25, 0.3) is 0 Å². The summed E-state index contributed by atoms with van der Waals surface area (Å²) in [5, 5.41) is 0. The zero-order valence-corrected chi connectivity index (χ0v) is 9.75. The standard InChI is InChI=1S/C13H11NO4/c1-2-17-13(16)6-5-11(15)9-3-4-10-12(7-9)18-8-14-10/h3-8H,2H2,1H3/b6-5+. The Balaban J connectivity index is 2.15. The van der Waals surface area contributed by atoms with Gasteiger partial charge in [0.2, 0.25) is 0 Å². The number of carbonyl (C=O) groups excluding carboxylic acids is 2. The van der Waals surface area contributed by atoms with Gasteiger partial charge in [0, 0.05) is 11.6 Å². The van der Waals surface area contributed by atoms with E-state index >= 15 is 0 Å². The molecular formula is C13H11NO4. The van der Waals surface area contributed by atoms with Crippen LogP contribution in [0.3, 0.4) is 0 Å². The predicted molar refractivity (Wildman–Crippen MR) is 64.1 cm³/mol. The number of hydrogen-bond donors (Lipinski definition) is 0. The number of ketones is 1. The first-order valence-electron chi connectivity index (χ1n) is 5.43. The molecule has 0 aliphatic rings. The number of ether oxygens (including phenoxy) is 1. The Morgan fingerprint density at radius 1 is 1.39 bits per heavy atom. The van der Waals surface area contributed by atoms with Crippen LogP contribution in [0.2, 0.25) is 0 Å². The first-order chi connectivity index (χ1) is 8.70. The summed E-state index contributed by atoms with van der Waals surface area (Å²) in [6.45, 7) is 1.98. The van der Waals surface area contributed by atoms with Crippen LogP contribution in [-0.2, 0) is 9.53 Å². The molecule has 0 N–H and O–H groups in total. The van der Waals surface area contributed by atoms with Crippen LogP contribution in [-0.4, -0.2) is 23.3 Å². The summed E-state index contributed by atoms with van der Waals surface area (Å²) >= 11 is 0. The van der Waals surface area contributed by atoms with E-state index in [-0.39, 0.29) is 12.4 Å². The normalized spacial score (nSPS) is 10.9. The molecule has 1 heterocycles. The number of fused-ring (bicyclic) bond motifs is 1. The minimum atomic E-state index is -0.536. The molecule has 1 aromatic carbocycles. The monoisotopic (exact) mass is 245 g/mol. The van der Waals surface area contributed by atoms with E-state index in [1.165, 1.54) is 12.5 Å². The van der Waals surface area contributed by atoms with Gasteiger partial charge in [-0.1, -0.05) is 0 Å². The fraction of sp³-hybridized carbons (Fsp3) is 0.154.